The molecular weight excluding hydrogens is 182 g/mol. The average Bonchev–Trinajstić information content (AvgIpc) is 2.64. The molecule has 2 nitrogen and oxygen atoms in total. The Bertz CT molecular complexity index is 126. The molecule has 78 valence electrons. The van der Waals surface area contributed by atoms with Gasteiger partial charge in [0.15, 0.2) is 0 Å². The van der Waals surface area contributed by atoms with E-state index < -0.39 is 0 Å². The third kappa shape index (κ3) is 4.89. The van der Waals surface area contributed by atoms with Gasteiger partial charge in [0, 0.05) is 18.4 Å². The van der Waals surface area contributed by atoms with Gasteiger partial charge in [-0.1, -0.05) is 0 Å². The Balaban J connectivity index is 1.88. The van der Waals surface area contributed by atoms with Crippen LogP contribution in [0.25, 0.3) is 0 Å². The van der Waals surface area contributed by atoms with Crippen molar-refractivity contribution < 1.29 is 4.74 Å². The van der Waals surface area contributed by atoms with Crippen LogP contribution in [0.3, 0.4) is 0 Å². The molecule has 2 atom stereocenters. The Labute approximate surface area is 85.8 Å². The van der Waals surface area contributed by atoms with E-state index in [9.17, 15) is 0 Å². The van der Waals surface area contributed by atoms with Crippen LogP contribution in [0.4, 0.5) is 0 Å². The molecule has 1 fully saturated rings. The largest absolute Gasteiger partial charge is 0.377 e. The highest BCUT2D eigenvalue weighted by molar-refractivity contribution is 7.99. The molecule has 0 aromatic heterocycles. The molecule has 2 unspecified atom stereocenters. The summed E-state index contributed by atoms with van der Waals surface area (Å²) in [6, 6.07) is 0.650. The third-order valence-electron chi connectivity index (χ3n) is 2.52. The number of hydrogen-bond donors (Lipinski definition) is 1. The standard InChI is InChI=1S/C10H21NOS/c1-9(11-2)5-7-13-8-10-4-3-6-12-10/h9-11H,3-8H2,1-2H3. The van der Waals surface area contributed by atoms with Crippen LogP contribution in [-0.4, -0.2) is 37.3 Å². The highest BCUT2D eigenvalue weighted by Crippen LogP contribution is 2.17. The summed E-state index contributed by atoms with van der Waals surface area (Å²) < 4.78 is 5.55. The quantitative estimate of drug-likeness (QED) is 0.666. The second kappa shape index (κ2) is 6.68. The summed E-state index contributed by atoms with van der Waals surface area (Å²) >= 11 is 2.03. The van der Waals surface area contributed by atoms with E-state index in [2.05, 4.69) is 12.2 Å². The molecule has 1 aliphatic rings. The molecule has 0 radical (unpaired) electrons. The Hall–Kier alpha value is 0.270. The first-order valence-electron chi connectivity index (χ1n) is 5.19. The second-order valence-electron chi connectivity index (χ2n) is 3.69. The molecule has 0 aromatic carbocycles. The molecule has 1 heterocycles. The molecule has 0 bridgehead atoms. The zero-order valence-electron chi connectivity index (χ0n) is 8.71. The van der Waals surface area contributed by atoms with E-state index in [1.54, 1.807) is 0 Å². The SMILES string of the molecule is CNC(C)CCSCC1CCCO1. The van der Waals surface area contributed by atoms with Crippen molar-refractivity contribution in [2.75, 3.05) is 25.2 Å². The Morgan fingerprint density at radius 3 is 3.08 bits per heavy atom. The van der Waals surface area contributed by atoms with E-state index in [1.807, 2.05) is 18.8 Å². The van der Waals surface area contributed by atoms with Crippen LogP contribution < -0.4 is 5.32 Å². The van der Waals surface area contributed by atoms with Gasteiger partial charge in [0.25, 0.3) is 0 Å². The van der Waals surface area contributed by atoms with Gasteiger partial charge in [-0.3, -0.25) is 0 Å². The zero-order chi connectivity index (χ0) is 9.52. The van der Waals surface area contributed by atoms with E-state index in [1.165, 1.54) is 30.8 Å². The van der Waals surface area contributed by atoms with E-state index in [4.69, 9.17) is 4.74 Å². The van der Waals surface area contributed by atoms with E-state index >= 15 is 0 Å². The van der Waals surface area contributed by atoms with Gasteiger partial charge in [-0.2, -0.15) is 11.8 Å². The van der Waals surface area contributed by atoms with Gasteiger partial charge in [0.1, 0.15) is 0 Å². The van der Waals surface area contributed by atoms with Crippen molar-refractivity contribution in [2.24, 2.45) is 0 Å². The smallest absolute Gasteiger partial charge is 0.0666 e. The van der Waals surface area contributed by atoms with Gasteiger partial charge in [0.2, 0.25) is 0 Å². The molecule has 1 aliphatic heterocycles. The van der Waals surface area contributed by atoms with Crippen LogP contribution in [0.2, 0.25) is 0 Å². The minimum absolute atomic E-state index is 0.551. The Morgan fingerprint density at radius 2 is 2.46 bits per heavy atom. The molecule has 3 heteroatoms. The molecule has 1 saturated heterocycles. The predicted octanol–water partition coefficient (Wildman–Crippen LogP) is 1.90. The van der Waals surface area contributed by atoms with Crippen LogP contribution in [0, 0.1) is 0 Å². The summed E-state index contributed by atoms with van der Waals surface area (Å²) in [7, 11) is 2.02. The first-order chi connectivity index (χ1) is 6.33. The van der Waals surface area contributed by atoms with Crippen molar-refractivity contribution >= 4 is 11.8 Å². The number of rotatable bonds is 6. The van der Waals surface area contributed by atoms with Crippen LogP contribution in [-0.2, 0) is 4.74 Å². The monoisotopic (exact) mass is 203 g/mol. The molecule has 1 N–H and O–H groups in total. The van der Waals surface area contributed by atoms with Crippen LogP contribution in [0.5, 0.6) is 0 Å². The second-order valence-corrected chi connectivity index (χ2v) is 4.84. The first kappa shape index (κ1) is 11.3. The Morgan fingerprint density at radius 1 is 1.62 bits per heavy atom. The minimum Gasteiger partial charge on any atom is -0.377 e. The predicted molar refractivity (Wildman–Crippen MR) is 59.4 cm³/mol. The van der Waals surface area contributed by atoms with E-state index in [0.717, 1.165) is 6.61 Å². The minimum atomic E-state index is 0.551. The molecule has 0 aliphatic carbocycles. The van der Waals surface area contributed by atoms with Crippen molar-refractivity contribution in [1.29, 1.82) is 0 Å². The van der Waals surface area contributed by atoms with Crippen molar-refractivity contribution in [1.82, 2.24) is 5.32 Å². The fraction of sp³-hybridized carbons (Fsp3) is 1.00. The van der Waals surface area contributed by atoms with Gasteiger partial charge >= 0.3 is 0 Å². The summed E-state index contributed by atoms with van der Waals surface area (Å²) in [6.45, 7) is 3.21. The van der Waals surface area contributed by atoms with Crippen LogP contribution in [0.15, 0.2) is 0 Å². The molecule has 0 saturated carbocycles. The van der Waals surface area contributed by atoms with Crippen LogP contribution >= 0.6 is 11.8 Å². The zero-order valence-corrected chi connectivity index (χ0v) is 9.53. The van der Waals surface area contributed by atoms with Gasteiger partial charge in [-0.15, -0.1) is 0 Å². The van der Waals surface area contributed by atoms with E-state index in [0.29, 0.717) is 12.1 Å². The highest BCUT2D eigenvalue weighted by atomic mass is 32.2. The lowest BCUT2D eigenvalue weighted by atomic mass is 10.3. The molecule has 0 aromatic rings. The topological polar surface area (TPSA) is 21.3 Å². The maximum absolute atomic E-state index is 5.55. The maximum Gasteiger partial charge on any atom is 0.0666 e. The first-order valence-corrected chi connectivity index (χ1v) is 6.35. The number of nitrogens with one attached hydrogen (secondary N) is 1. The Kier molecular flexibility index (Phi) is 5.83. The highest BCUT2D eigenvalue weighted by Gasteiger charge is 2.14. The van der Waals surface area contributed by atoms with Gasteiger partial charge < -0.3 is 10.1 Å². The summed E-state index contributed by atoms with van der Waals surface area (Å²) in [5.74, 6) is 2.44. The average molecular weight is 203 g/mol. The van der Waals surface area contributed by atoms with Gasteiger partial charge in [-0.25, -0.2) is 0 Å². The van der Waals surface area contributed by atoms with Crippen LogP contribution in [0.1, 0.15) is 26.2 Å². The lowest BCUT2D eigenvalue weighted by molar-refractivity contribution is 0.129. The number of ether oxygens (including phenoxy) is 1. The molecule has 0 spiro atoms. The van der Waals surface area contributed by atoms with Gasteiger partial charge in [0.05, 0.1) is 6.10 Å². The molecule has 0 amide bonds. The molecule has 13 heavy (non-hydrogen) atoms. The van der Waals surface area contributed by atoms with Crippen molar-refractivity contribution in [2.45, 2.75) is 38.3 Å². The molecule has 1 rings (SSSR count). The van der Waals surface area contributed by atoms with Crippen molar-refractivity contribution in [3.8, 4) is 0 Å². The summed E-state index contributed by atoms with van der Waals surface area (Å²) in [6.07, 6.45) is 4.34. The summed E-state index contributed by atoms with van der Waals surface area (Å²) in [5.41, 5.74) is 0. The van der Waals surface area contributed by atoms with Crippen molar-refractivity contribution in [3.05, 3.63) is 0 Å². The maximum atomic E-state index is 5.55. The summed E-state index contributed by atoms with van der Waals surface area (Å²) in [5, 5.41) is 3.25. The lowest BCUT2D eigenvalue weighted by Crippen LogP contribution is -2.21. The van der Waals surface area contributed by atoms with Gasteiger partial charge in [-0.05, 0) is 39.0 Å². The van der Waals surface area contributed by atoms with Crippen molar-refractivity contribution in [3.63, 3.8) is 0 Å². The number of thioether (sulfide) groups is 1. The van der Waals surface area contributed by atoms with E-state index in [-0.39, 0.29) is 0 Å². The fourth-order valence-electron chi connectivity index (χ4n) is 1.40. The number of hydrogen-bond acceptors (Lipinski definition) is 3. The summed E-state index contributed by atoms with van der Waals surface area (Å²) in [4.78, 5) is 0. The molecular formula is C10H21NOS. The third-order valence-corrected chi connectivity index (χ3v) is 3.65. The normalized spacial score (nSPS) is 24.9. The fourth-order valence-corrected chi connectivity index (χ4v) is 2.61. The lowest BCUT2D eigenvalue weighted by Gasteiger charge is -2.11.